The van der Waals surface area contributed by atoms with Crippen LogP contribution in [0.25, 0.3) is 0 Å². The quantitative estimate of drug-likeness (QED) is 0.866. The van der Waals surface area contributed by atoms with Crippen LogP contribution in [0.5, 0.6) is 0 Å². The number of pyridine rings is 1. The highest BCUT2D eigenvalue weighted by Crippen LogP contribution is 2.18. The number of hydrogen-bond acceptors (Lipinski definition) is 3. The monoisotopic (exact) mass is 264 g/mol. The van der Waals surface area contributed by atoms with Crippen LogP contribution in [-0.2, 0) is 16.6 Å². The minimum atomic E-state index is -1.43. The number of hydrogen-bond donors (Lipinski definition) is 1. The Labute approximate surface area is 107 Å². The van der Waals surface area contributed by atoms with Crippen molar-refractivity contribution in [3.8, 4) is 0 Å². The molecule has 0 aliphatic rings. The van der Waals surface area contributed by atoms with Crippen molar-refractivity contribution in [3.05, 3.63) is 53.6 Å². The Morgan fingerprint density at radius 3 is 2.78 bits per heavy atom. The van der Waals surface area contributed by atoms with Crippen molar-refractivity contribution in [2.45, 2.75) is 17.6 Å². The highest BCUT2D eigenvalue weighted by Gasteiger charge is 2.11. The molecule has 1 heterocycles. The first-order valence-electron chi connectivity index (χ1n) is 5.40. The average molecular weight is 264 g/mol. The van der Waals surface area contributed by atoms with E-state index in [0.717, 1.165) is 11.1 Å². The van der Waals surface area contributed by atoms with Gasteiger partial charge in [0.1, 0.15) is 5.82 Å². The maximum absolute atomic E-state index is 13.6. The first-order valence-corrected chi connectivity index (χ1v) is 6.72. The predicted molar refractivity (Wildman–Crippen MR) is 69.9 cm³/mol. The van der Waals surface area contributed by atoms with Gasteiger partial charge in [0.15, 0.2) is 0 Å². The number of nitrogen functional groups attached to an aromatic ring is 1. The molecule has 2 N–H and O–H groups in total. The molecule has 0 aliphatic carbocycles. The van der Waals surface area contributed by atoms with E-state index in [0.29, 0.717) is 5.69 Å². The molecular weight excluding hydrogens is 251 g/mol. The Hall–Kier alpha value is -1.75. The van der Waals surface area contributed by atoms with Crippen LogP contribution >= 0.6 is 0 Å². The molecule has 0 amide bonds. The fourth-order valence-corrected chi connectivity index (χ4v) is 2.74. The predicted octanol–water partition coefficient (Wildman–Crippen LogP) is 2.42. The molecule has 0 aliphatic heterocycles. The van der Waals surface area contributed by atoms with Crippen molar-refractivity contribution in [1.29, 1.82) is 0 Å². The molecule has 0 radical (unpaired) electrons. The van der Waals surface area contributed by atoms with Gasteiger partial charge in [-0.2, -0.15) is 0 Å². The van der Waals surface area contributed by atoms with Crippen molar-refractivity contribution < 1.29 is 8.60 Å². The zero-order valence-corrected chi connectivity index (χ0v) is 10.7. The third kappa shape index (κ3) is 2.92. The number of nitrogens with zero attached hydrogens (tertiary/aromatic N) is 1. The van der Waals surface area contributed by atoms with E-state index in [1.165, 1.54) is 12.1 Å². The fraction of sp³-hybridized carbons (Fsp3) is 0.154. The van der Waals surface area contributed by atoms with Crippen molar-refractivity contribution >= 4 is 16.5 Å². The van der Waals surface area contributed by atoms with Crippen LogP contribution in [0, 0.1) is 12.7 Å². The van der Waals surface area contributed by atoms with Gasteiger partial charge in [-0.15, -0.1) is 0 Å². The Morgan fingerprint density at radius 1 is 1.33 bits per heavy atom. The molecule has 3 nitrogen and oxygen atoms in total. The number of rotatable bonds is 3. The van der Waals surface area contributed by atoms with Gasteiger partial charge in [0.2, 0.25) is 0 Å². The molecule has 0 fully saturated rings. The number of benzene rings is 1. The zero-order valence-electron chi connectivity index (χ0n) is 9.89. The topological polar surface area (TPSA) is 56.0 Å². The van der Waals surface area contributed by atoms with E-state index in [2.05, 4.69) is 4.98 Å². The third-order valence-corrected chi connectivity index (χ3v) is 3.85. The highest BCUT2D eigenvalue weighted by molar-refractivity contribution is 7.84. The van der Waals surface area contributed by atoms with Crippen LogP contribution in [0.1, 0.15) is 11.1 Å². The van der Waals surface area contributed by atoms with E-state index >= 15 is 0 Å². The molecule has 1 atom stereocenters. The minimum Gasteiger partial charge on any atom is -0.399 e. The maximum atomic E-state index is 13.6. The zero-order chi connectivity index (χ0) is 13.1. The molecule has 0 spiro atoms. The summed E-state index contributed by atoms with van der Waals surface area (Å²) in [7, 11) is -1.43. The Bertz CT molecular complexity index is 601. The molecule has 1 aromatic heterocycles. The van der Waals surface area contributed by atoms with E-state index in [1.807, 2.05) is 13.0 Å². The molecule has 1 aromatic carbocycles. The summed E-state index contributed by atoms with van der Waals surface area (Å²) in [6.45, 7) is 1.91. The average Bonchev–Trinajstić information content (AvgIpc) is 2.28. The minimum absolute atomic E-state index is 0.172. The number of aromatic nitrogens is 1. The van der Waals surface area contributed by atoms with Crippen LogP contribution in [0.3, 0.4) is 0 Å². The number of aryl methyl sites for hydroxylation is 1. The molecule has 0 bridgehead atoms. The number of halogens is 1. The lowest BCUT2D eigenvalue weighted by atomic mass is 10.2. The van der Waals surface area contributed by atoms with Crippen LogP contribution in [-0.4, -0.2) is 9.19 Å². The summed E-state index contributed by atoms with van der Waals surface area (Å²) in [6.07, 6.45) is 3.36. The van der Waals surface area contributed by atoms with E-state index in [4.69, 9.17) is 5.73 Å². The normalized spacial score (nSPS) is 12.3. The Morgan fingerprint density at radius 2 is 2.11 bits per heavy atom. The molecule has 1 unspecified atom stereocenters. The molecule has 0 saturated heterocycles. The summed E-state index contributed by atoms with van der Waals surface area (Å²) in [5, 5.41) is 0. The van der Waals surface area contributed by atoms with Gasteiger partial charge in [-0.3, -0.25) is 9.19 Å². The maximum Gasteiger partial charge on any atom is 0.141 e. The van der Waals surface area contributed by atoms with E-state index in [-0.39, 0.29) is 10.6 Å². The molecule has 94 valence electrons. The second-order valence-electron chi connectivity index (χ2n) is 4.05. The third-order valence-electron chi connectivity index (χ3n) is 2.43. The van der Waals surface area contributed by atoms with Gasteiger partial charge >= 0.3 is 0 Å². The van der Waals surface area contributed by atoms with Crippen LogP contribution in [0.4, 0.5) is 10.1 Å². The van der Waals surface area contributed by atoms with Gasteiger partial charge in [-0.1, -0.05) is 6.07 Å². The van der Waals surface area contributed by atoms with E-state index in [9.17, 15) is 8.60 Å². The molecule has 0 saturated carbocycles. The number of anilines is 1. The summed E-state index contributed by atoms with van der Waals surface area (Å²) in [6, 6.07) is 6.08. The van der Waals surface area contributed by atoms with Crippen LogP contribution < -0.4 is 5.73 Å². The summed E-state index contributed by atoms with van der Waals surface area (Å²) in [5.41, 5.74) is 7.59. The largest absolute Gasteiger partial charge is 0.399 e. The van der Waals surface area contributed by atoms with Crippen LogP contribution in [0.2, 0.25) is 0 Å². The van der Waals surface area contributed by atoms with E-state index < -0.39 is 16.6 Å². The fourth-order valence-electron chi connectivity index (χ4n) is 1.63. The molecule has 5 heteroatoms. The summed E-state index contributed by atoms with van der Waals surface area (Å²) < 4.78 is 25.7. The van der Waals surface area contributed by atoms with Gasteiger partial charge in [-0.05, 0) is 36.2 Å². The van der Waals surface area contributed by atoms with Crippen molar-refractivity contribution in [2.24, 2.45) is 0 Å². The second kappa shape index (κ2) is 5.27. The van der Waals surface area contributed by atoms with Gasteiger partial charge in [0.25, 0.3) is 0 Å². The van der Waals surface area contributed by atoms with Gasteiger partial charge in [0.05, 0.1) is 21.4 Å². The lowest BCUT2D eigenvalue weighted by molar-refractivity contribution is 0.596. The summed E-state index contributed by atoms with van der Waals surface area (Å²) in [5.74, 6) is -0.288. The van der Waals surface area contributed by atoms with E-state index in [1.54, 1.807) is 18.5 Å². The standard InChI is InChI=1S/C13H13FN2OS/c1-9-4-10(7-16-6-9)8-18(17)13-3-2-11(15)5-12(13)14/h2-7H,8,15H2,1H3. The second-order valence-corrected chi connectivity index (χ2v) is 5.47. The van der Waals surface area contributed by atoms with Crippen molar-refractivity contribution in [1.82, 2.24) is 4.98 Å². The molecular formula is C13H13FN2OS. The van der Waals surface area contributed by atoms with Gasteiger partial charge in [0, 0.05) is 18.1 Å². The first kappa shape index (κ1) is 12.7. The first-order chi connectivity index (χ1) is 8.56. The summed E-state index contributed by atoms with van der Waals surface area (Å²) >= 11 is 0. The van der Waals surface area contributed by atoms with Crippen molar-refractivity contribution in [3.63, 3.8) is 0 Å². The molecule has 2 aromatic rings. The lowest BCUT2D eigenvalue weighted by Gasteiger charge is -2.05. The van der Waals surface area contributed by atoms with Crippen molar-refractivity contribution in [2.75, 3.05) is 5.73 Å². The van der Waals surface area contributed by atoms with Gasteiger partial charge < -0.3 is 5.73 Å². The SMILES string of the molecule is Cc1cncc(CS(=O)c2ccc(N)cc2F)c1. The summed E-state index contributed by atoms with van der Waals surface area (Å²) in [4.78, 5) is 4.19. The van der Waals surface area contributed by atoms with Crippen LogP contribution in [0.15, 0.2) is 41.6 Å². The van der Waals surface area contributed by atoms with Gasteiger partial charge in [-0.25, -0.2) is 4.39 Å². The lowest BCUT2D eigenvalue weighted by Crippen LogP contribution is -2.01. The molecule has 18 heavy (non-hydrogen) atoms. The highest BCUT2D eigenvalue weighted by atomic mass is 32.2. The number of nitrogens with two attached hydrogens (primary N) is 1. The Kier molecular flexibility index (Phi) is 3.72. The Balaban J connectivity index is 2.22. The smallest absolute Gasteiger partial charge is 0.141 e. The molecule has 2 rings (SSSR count).